The Kier molecular flexibility index (Phi) is 5.67. The molecule has 5 rings (SSSR count). The summed E-state index contributed by atoms with van der Waals surface area (Å²) in [5.41, 5.74) is 2.09. The van der Waals surface area contributed by atoms with Gasteiger partial charge in [-0.25, -0.2) is 0 Å². The Labute approximate surface area is 196 Å². The lowest BCUT2D eigenvalue weighted by molar-refractivity contribution is -0.144. The summed E-state index contributed by atoms with van der Waals surface area (Å²) in [6.45, 7) is 4.02. The molecule has 5 nitrogen and oxygen atoms in total. The van der Waals surface area contributed by atoms with E-state index in [-0.39, 0.29) is 41.4 Å². The maximum absolute atomic E-state index is 14.0. The van der Waals surface area contributed by atoms with Gasteiger partial charge >= 0.3 is 0 Å². The molecule has 2 aromatic rings. The first kappa shape index (κ1) is 22.0. The summed E-state index contributed by atoms with van der Waals surface area (Å²) < 4.78 is 5.54. The Balaban J connectivity index is 1.56. The molecular formula is C28H34N2O3. The van der Waals surface area contributed by atoms with Crippen molar-refractivity contribution in [3.63, 3.8) is 0 Å². The molecule has 0 unspecified atom stereocenters. The summed E-state index contributed by atoms with van der Waals surface area (Å²) in [6, 6.07) is 18.6. The van der Waals surface area contributed by atoms with Gasteiger partial charge in [0.1, 0.15) is 5.75 Å². The van der Waals surface area contributed by atoms with Crippen LogP contribution in [0.3, 0.4) is 0 Å². The van der Waals surface area contributed by atoms with Gasteiger partial charge in [-0.3, -0.25) is 9.59 Å². The summed E-state index contributed by atoms with van der Waals surface area (Å²) >= 11 is 0. The molecular weight excluding hydrogens is 412 g/mol. The number of fused-ring (bicyclic) bond motifs is 1. The fourth-order valence-electron chi connectivity index (χ4n) is 7.09. The van der Waals surface area contributed by atoms with E-state index < -0.39 is 0 Å². The van der Waals surface area contributed by atoms with Gasteiger partial charge in [0.25, 0.3) is 0 Å². The van der Waals surface area contributed by atoms with Crippen LogP contribution in [0.25, 0.3) is 0 Å². The van der Waals surface area contributed by atoms with Crippen molar-refractivity contribution in [3.05, 3.63) is 65.7 Å². The number of carbonyl (C=O) groups excluding carboxylic acids is 2. The molecule has 1 aliphatic carbocycles. The zero-order valence-electron chi connectivity index (χ0n) is 19.9. The Morgan fingerprint density at radius 2 is 1.67 bits per heavy atom. The van der Waals surface area contributed by atoms with Crippen LogP contribution < -0.4 is 4.74 Å². The van der Waals surface area contributed by atoms with E-state index >= 15 is 0 Å². The summed E-state index contributed by atoms with van der Waals surface area (Å²) in [5, 5.41) is 0. The molecule has 3 fully saturated rings. The first-order valence-corrected chi connectivity index (χ1v) is 12.2. The van der Waals surface area contributed by atoms with E-state index in [2.05, 4.69) is 41.0 Å². The SMILES string of the molecule is COc1ccccc1CC(=O)N1[C@H](Cc2ccccc2)[C@@H]2C[C@@]3(C)[C@H](CCC[C@@H]13)N2C(C)=O. The lowest BCUT2D eigenvalue weighted by Crippen LogP contribution is -2.63. The molecule has 3 aliphatic rings. The highest BCUT2D eigenvalue weighted by Crippen LogP contribution is 2.56. The van der Waals surface area contributed by atoms with E-state index in [1.165, 1.54) is 5.56 Å². The Morgan fingerprint density at radius 1 is 1.00 bits per heavy atom. The molecule has 0 spiro atoms. The third-order valence-corrected chi connectivity index (χ3v) is 8.43. The van der Waals surface area contributed by atoms with Crippen molar-refractivity contribution in [2.75, 3.05) is 7.11 Å². The molecule has 5 heteroatoms. The molecule has 5 atom stereocenters. The van der Waals surface area contributed by atoms with Crippen LogP contribution in [0, 0.1) is 5.41 Å². The van der Waals surface area contributed by atoms with Crippen molar-refractivity contribution in [3.8, 4) is 5.75 Å². The van der Waals surface area contributed by atoms with Gasteiger partial charge in [-0.15, -0.1) is 0 Å². The number of hydrogen-bond donors (Lipinski definition) is 0. The van der Waals surface area contributed by atoms with Crippen molar-refractivity contribution in [1.29, 1.82) is 0 Å². The summed E-state index contributed by atoms with van der Waals surface area (Å²) in [6.07, 6.45) is 5.17. The number of para-hydroxylation sites is 1. The van der Waals surface area contributed by atoms with Gasteiger partial charge in [-0.05, 0) is 43.7 Å². The molecule has 2 amide bonds. The van der Waals surface area contributed by atoms with Crippen LogP contribution in [0.15, 0.2) is 54.6 Å². The lowest BCUT2D eigenvalue weighted by atomic mass is 9.64. The number of nitrogens with zero attached hydrogens (tertiary/aromatic N) is 2. The number of methoxy groups -OCH3 is 1. The van der Waals surface area contributed by atoms with Gasteiger partial charge in [0.15, 0.2) is 0 Å². The average molecular weight is 447 g/mol. The molecule has 1 saturated carbocycles. The summed E-state index contributed by atoms with van der Waals surface area (Å²) in [4.78, 5) is 31.3. The van der Waals surface area contributed by atoms with Crippen LogP contribution in [0.4, 0.5) is 0 Å². The molecule has 2 aromatic carbocycles. The van der Waals surface area contributed by atoms with Gasteiger partial charge < -0.3 is 14.5 Å². The number of ether oxygens (including phenoxy) is 1. The molecule has 0 radical (unpaired) electrons. The Bertz CT molecular complexity index is 1040. The second-order valence-corrected chi connectivity index (χ2v) is 10.2. The topological polar surface area (TPSA) is 49.9 Å². The fourth-order valence-corrected chi connectivity index (χ4v) is 7.09. The number of piperidine rings is 1. The zero-order chi connectivity index (χ0) is 23.2. The van der Waals surface area contributed by atoms with Crippen LogP contribution in [-0.2, 0) is 22.4 Å². The van der Waals surface area contributed by atoms with Crippen LogP contribution in [0.5, 0.6) is 5.75 Å². The minimum atomic E-state index is -0.0434. The number of amides is 2. The van der Waals surface area contributed by atoms with E-state index in [0.29, 0.717) is 6.42 Å². The van der Waals surface area contributed by atoms with Crippen LogP contribution in [0.1, 0.15) is 50.7 Å². The standard InChI is InChI=1S/C28H34N2O3/c1-19(31)29-23-18-28(2)25(29)14-9-15-26(28)30(22(23)16-20-10-5-4-6-11-20)27(32)17-21-12-7-8-13-24(21)33-3/h4-8,10-13,22-23,25-26H,9,14-18H2,1-3H3/t22-,23+,25+,26-,28+/m1/s1. The highest BCUT2D eigenvalue weighted by atomic mass is 16.5. The van der Waals surface area contributed by atoms with Gasteiger partial charge in [-0.1, -0.05) is 55.5 Å². The minimum absolute atomic E-state index is 0.0142. The summed E-state index contributed by atoms with van der Waals surface area (Å²) in [5.74, 6) is 1.04. The fraction of sp³-hybridized carbons (Fsp3) is 0.500. The van der Waals surface area contributed by atoms with Crippen LogP contribution >= 0.6 is 0 Å². The predicted molar refractivity (Wildman–Crippen MR) is 128 cm³/mol. The minimum Gasteiger partial charge on any atom is -0.496 e. The van der Waals surface area contributed by atoms with E-state index in [4.69, 9.17) is 4.74 Å². The molecule has 0 N–H and O–H groups in total. The average Bonchev–Trinajstić information content (AvgIpc) is 3.12. The molecule has 2 saturated heterocycles. The van der Waals surface area contributed by atoms with E-state index in [0.717, 1.165) is 43.4 Å². The normalized spacial score (nSPS) is 30.3. The number of benzene rings is 2. The number of carbonyl (C=O) groups is 2. The van der Waals surface area contributed by atoms with Crippen LogP contribution in [-0.4, -0.2) is 52.9 Å². The molecule has 33 heavy (non-hydrogen) atoms. The zero-order valence-corrected chi connectivity index (χ0v) is 19.9. The van der Waals surface area contributed by atoms with Crippen molar-refractivity contribution in [2.24, 2.45) is 5.41 Å². The highest BCUT2D eigenvalue weighted by Gasteiger charge is 2.64. The van der Waals surface area contributed by atoms with Crippen molar-refractivity contribution >= 4 is 11.8 Å². The maximum atomic E-state index is 14.0. The molecule has 0 aromatic heterocycles. The van der Waals surface area contributed by atoms with Crippen molar-refractivity contribution in [2.45, 2.75) is 76.5 Å². The monoisotopic (exact) mass is 446 g/mol. The molecule has 174 valence electrons. The van der Waals surface area contributed by atoms with E-state index in [9.17, 15) is 9.59 Å². The molecule has 2 heterocycles. The second kappa shape index (κ2) is 8.51. The number of hydrogen-bond acceptors (Lipinski definition) is 3. The van der Waals surface area contributed by atoms with E-state index in [1.807, 2.05) is 30.3 Å². The summed E-state index contributed by atoms with van der Waals surface area (Å²) in [7, 11) is 1.65. The van der Waals surface area contributed by atoms with Gasteiger partial charge in [0, 0.05) is 30.0 Å². The maximum Gasteiger partial charge on any atom is 0.227 e. The quantitative estimate of drug-likeness (QED) is 0.690. The van der Waals surface area contributed by atoms with Gasteiger partial charge in [0.05, 0.1) is 25.6 Å². The Morgan fingerprint density at radius 3 is 2.36 bits per heavy atom. The van der Waals surface area contributed by atoms with E-state index in [1.54, 1.807) is 14.0 Å². The van der Waals surface area contributed by atoms with Gasteiger partial charge in [0.2, 0.25) is 11.8 Å². The predicted octanol–water partition coefficient (Wildman–Crippen LogP) is 4.24. The third kappa shape index (κ3) is 3.62. The third-order valence-electron chi connectivity index (χ3n) is 8.43. The molecule has 2 aliphatic heterocycles. The smallest absolute Gasteiger partial charge is 0.227 e. The van der Waals surface area contributed by atoms with Crippen molar-refractivity contribution in [1.82, 2.24) is 9.80 Å². The highest BCUT2D eigenvalue weighted by molar-refractivity contribution is 5.81. The molecule has 2 bridgehead atoms. The largest absolute Gasteiger partial charge is 0.496 e. The van der Waals surface area contributed by atoms with Crippen molar-refractivity contribution < 1.29 is 14.3 Å². The number of likely N-dealkylation sites (tertiary alicyclic amines) is 2. The number of rotatable bonds is 5. The van der Waals surface area contributed by atoms with Crippen LogP contribution in [0.2, 0.25) is 0 Å². The van der Waals surface area contributed by atoms with Gasteiger partial charge in [-0.2, -0.15) is 0 Å². The Hall–Kier alpha value is -2.82. The first-order chi connectivity index (χ1) is 15.9. The lowest BCUT2D eigenvalue weighted by Gasteiger charge is -2.53. The first-order valence-electron chi connectivity index (χ1n) is 12.2. The second-order valence-electron chi connectivity index (χ2n) is 10.2.